The Morgan fingerprint density at radius 3 is 2.67 bits per heavy atom. The minimum atomic E-state index is -0.370. The molecule has 1 fully saturated rings. The van der Waals surface area contributed by atoms with E-state index in [4.69, 9.17) is 5.11 Å². The van der Waals surface area contributed by atoms with Crippen LogP contribution in [0.5, 0.6) is 0 Å². The number of rotatable bonds is 2. The summed E-state index contributed by atoms with van der Waals surface area (Å²) in [4.78, 5) is 13.9. The standard InChI is InChI=1S/C13H15BrFNO2/c14-11-7-10(1-2-12(11)15)13(18)16-5-3-9(8-17)4-6-16/h1-2,7,9,17H,3-6,8H2. The van der Waals surface area contributed by atoms with E-state index in [0.717, 1.165) is 12.8 Å². The Morgan fingerprint density at radius 2 is 2.11 bits per heavy atom. The molecule has 0 aliphatic carbocycles. The number of likely N-dealkylation sites (tertiary alicyclic amines) is 1. The molecule has 98 valence electrons. The van der Waals surface area contributed by atoms with Gasteiger partial charge >= 0.3 is 0 Å². The molecule has 0 radical (unpaired) electrons. The smallest absolute Gasteiger partial charge is 0.253 e. The van der Waals surface area contributed by atoms with Crippen LogP contribution in [0.1, 0.15) is 23.2 Å². The number of benzene rings is 1. The van der Waals surface area contributed by atoms with Crippen molar-refractivity contribution >= 4 is 21.8 Å². The minimum absolute atomic E-state index is 0.0768. The first-order chi connectivity index (χ1) is 8.61. The zero-order chi connectivity index (χ0) is 13.1. The van der Waals surface area contributed by atoms with E-state index in [1.807, 2.05) is 0 Å². The van der Waals surface area contributed by atoms with E-state index in [1.54, 1.807) is 4.90 Å². The monoisotopic (exact) mass is 315 g/mol. The van der Waals surface area contributed by atoms with Crippen molar-refractivity contribution in [2.24, 2.45) is 5.92 Å². The van der Waals surface area contributed by atoms with Gasteiger partial charge in [0.2, 0.25) is 0 Å². The molecule has 1 aromatic rings. The van der Waals surface area contributed by atoms with Crippen LogP contribution in [-0.4, -0.2) is 35.6 Å². The predicted octanol–water partition coefficient (Wildman–Crippen LogP) is 2.43. The van der Waals surface area contributed by atoms with Crippen LogP contribution in [0.2, 0.25) is 0 Å². The normalized spacial score (nSPS) is 16.9. The first-order valence-corrected chi connectivity index (χ1v) is 6.76. The summed E-state index contributed by atoms with van der Waals surface area (Å²) in [5.41, 5.74) is 0.491. The molecule has 1 heterocycles. The molecule has 3 nitrogen and oxygen atoms in total. The number of piperidine rings is 1. The maximum atomic E-state index is 13.1. The average molecular weight is 316 g/mol. The average Bonchev–Trinajstić information content (AvgIpc) is 2.41. The van der Waals surface area contributed by atoms with Crippen molar-refractivity contribution in [1.29, 1.82) is 0 Å². The molecular weight excluding hydrogens is 301 g/mol. The van der Waals surface area contributed by atoms with Crippen LogP contribution in [0.25, 0.3) is 0 Å². The zero-order valence-electron chi connectivity index (χ0n) is 9.90. The van der Waals surface area contributed by atoms with Crippen LogP contribution < -0.4 is 0 Å². The van der Waals surface area contributed by atoms with Crippen LogP contribution in [0, 0.1) is 11.7 Å². The lowest BCUT2D eigenvalue weighted by molar-refractivity contribution is 0.0651. The predicted molar refractivity (Wildman–Crippen MR) is 69.8 cm³/mol. The van der Waals surface area contributed by atoms with Crippen molar-refractivity contribution in [3.8, 4) is 0 Å². The molecule has 0 aromatic heterocycles. The van der Waals surface area contributed by atoms with E-state index in [1.165, 1.54) is 18.2 Å². The second-order valence-corrected chi connectivity index (χ2v) is 5.40. The molecule has 0 spiro atoms. The van der Waals surface area contributed by atoms with Gasteiger partial charge in [-0.15, -0.1) is 0 Å². The lowest BCUT2D eigenvalue weighted by Crippen LogP contribution is -2.39. The fraction of sp³-hybridized carbons (Fsp3) is 0.462. The van der Waals surface area contributed by atoms with Crippen molar-refractivity contribution in [2.75, 3.05) is 19.7 Å². The van der Waals surface area contributed by atoms with Gasteiger partial charge in [0.1, 0.15) is 5.82 Å². The van der Waals surface area contributed by atoms with E-state index in [9.17, 15) is 9.18 Å². The van der Waals surface area contributed by atoms with E-state index >= 15 is 0 Å². The number of halogens is 2. The number of carbonyl (C=O) groups is 1. The second kappa shape index (κ2) is 5.80. The second-order valence-electron chi connectivity index (χ2n) is 4.55. The summed E-state index contributed by atoms with van der Waals surface area (Å²) in [5.74, 6) is -0.147. The highest BCUT2D eigenvalue weighted by Gasteiger charge is 2.23. The largest absolute Gasteiger partial charge is 0.396 e. The summed E-state index contributed by atoms with van der Waals surface area (Å²) in [6.07, 6.45) is 1.65. The molecule has 0 atom stereocenters. The first-order valence-electron chi connectivity index (χ1n) is 5.97. The van der Waals surface area contributed by atoms with Gasteiger partial charge in [0.15, 0.2) is 0 Å². The lowest BCUT2D eigenvalue weighted by Gasteiger charge is -2.31. The molecule has 5 heteroatoms. The SMILES string of the molecule is O=C(c1ccc(F)c(Br)c1)N1CCC(CO)CC1. The highest BCUT2D eigenvalue weighted by molar-refractivity contribution is 9.10. The van der Waals surface area contributed by atoms with Gasteiger partial charge < -0.3 is 10.0 Å². The molecule has 1 saturated heterocycles. The van der Waals surface area contributed by atoms with Crippen LogP contribution in [-0.2, 0) is 0 Å². The molecule has 1 aliphatic heterocycles. The Labute approximate surface area is 114 Å². The zero-order valence-corrected chi connectivity index (χ0v) is 11.5. The van der Waals surface area contributed by atoms with E-state index < -0.39 is 0 Å². The Balaban J connectivity index is 2.05. The van der Waals surface area contributed by atoms with Gasteiger partial charge in [-0.1, -0.05) is 0 Å². The van der Waals surface area contributed by atoms with Gasteiger partial charge in [-0.2, -0.15) is 0 Å². The van der Waals surface area contributed by atoms with Crippen LogP contribution in [0.15, 0.2) is 22.7 Å². The summed E-state index contributed by atoms with van der Waals surface area (Å²) in [6, 6.07) is 4.30. The Bertz CT molecular complexity index is 445. The van der Waals surface area contributed by atoms with Gasteiger partial charge in [-0.25, -0.2) is 4.39 Å². The van der Waals surface area contributed by atoms with Gasteiger partial charge in [-0.05, 0) is 52.9 Å². The van der Waals surface area contributed by atoms with E-state index in [2.05, 4.69) is 15.9 Å². The number of hydrogen-bond acceptors (Lipinski definition) is 2. The molecule has 18 heavy (non-hydrogen) atoms. The summed E-state index contributed by atoms with van der Waals surface area (Å²) in [5, 5.41) is 9.05. The van der Waals surface area contributed by atoms with Crippen LogP contribution >= 0.6 is 15.9 Å². The summed E-state index contributed by atoms with van der Waals surface area (Å²) < 4.78 is 13.4. The third kappa shape index (κ3) is 2.90. The van der Waals surface area contributed by atoms with Crippen molar-refractivity contribution < 1.29 is 14.3 Å². The molecule has 0 saturated carbocycles. The fourth-order valence-corrected chi connectivity index (χ4v) is 2.51. The van der Waals surface area contributed by atoms with Gasteiger partial charge in [-0.3, -0.25) is 4.79 Å². The molecular formula is C13H15BrFNO2. The highest BCUT2D eigenvalue weighted by atomic mass is 79.9. The number of hydrogen-bond donors (Lipinski definition) is 1. The molecule has 0 bridgehead atoms. The van der Waals surface area contributed by atoms with Gasteiger partial charge in [0, 0.05) is 25.3 Å². The molecule has 2 rings (SSSR count). The van der Waals surface area contributed by atoms with Crippen molar-refractivity contribution in [1.82, 2.24) is 4.90 Å². The Kier molecular flexibility index (Phi) is 4.35. The maximum absolute atomic E-state index is 13.1. The fourth-order valence-electron chi connectivity index (χ4n) is 2.13. The van der Waals surface area contributed by atoms with Crippen LogP contribution in [0.4, 0.5) is 4.39 Å². The minimum Gasteiger partial charge on any atom is -0.396 e. The lowest BCUT2D eigenvalue weighted by atomic mass is 9.97. The van der Waals surface area contributed by atoms with Gasteiger partial charge in [0.05, 0.1) is 4.47 Å². The Morgan fingerprint density at radius 1 is 1.44 bits per heavy atom. The number of aliphatic hydroxyl groups excluding tert-OH is 1. The molecule has 0 unspecified atom stereocenters. The summed E-state index contributed by atoms with van der Waals surface area (Å²) in [7, 11) is 0. The quantitative estimate of drug-likeness (QED) is 0.910. The third-order valence-corrected chi connectivity index (χ3v) is 3.93. The van der Waals surface area contributed by atoms with Gasteiger partial charge in [0.25, 0.3) is 5.91 Å². The first kappa shape index (κ1) is 13.5. The van der Waals surface area contributed by atoms with Crippen molar-refractivity contribution in [2.45, 2.75) is 12.8 Å². The summed E-state index contributed by atoms with van der Waals surface area (Å²) in [6.45, 7) is 1.49. The van der Waals surface area contributed by atoms with Crippen molar-refractivity contribution in [3.63, 3.8) is 0 Å². The Hall–Kier alpha value is -0.940. The molecule has 1 N–H and O–H groups in total. The van der Waals surface area contributed by atoms with E-state index in [-0.39, 0.29) is 18.3 Å². The maximum Gasteiger partial charge on any atom is 0.253 e. The van der Waals surface area contributed by atoms with Crippen molar-refractivity contribution in [3.05, 3.63) is 34.1 Å². The molecule has 1 aliphatic rings. The van der Waals surface area contributed by atoms with E-state index in [0.29, 0.717) is 29.0 Å². The summed E-state index contributed by atoms with van der Waals surface area (Å²) >= 11 is 3.08. The number of amides is 1. The third-order valence-electron chi connectivity index (χ3n) is 3.33. The highest BCUT2D eigenvalue weighted by Crippen LogP contribution is 2.21. The number of nitrogens with zero attached hydrogens (tertiary/aromatic N) is 1. The number of carbonyl (C=O) groups excluding carboxylic acids is 1. The van der Waals surface area contributed by atoms with Crippen LogP contribution in [0.3, 0.4) is 0 Å². The molecule has 1 amide bonds. The topological polar surface area (TPSA) is 40.5 Å². The molecule has 1 aromatic carbocycles. The number of aliphatic hydroxyl groups is 1.